The number of piperidine rings is 1. The SMILES string of the molecule is CCC1CCCCC1N(CC)CC1CCCNC1. The summed E-state index contributed by atoms with van der Waals surface area (Å²) in [5, 5.41) is 3.57. The van der Waals surface area contributed by atoms with Gasteiger partial charge in [0.1, 0.15) is 0 Å². The van der Waals surface area contributed by atoms with Crippen molar-refractivity contribution in [3.63, 3.8) is 0 Å². The summed E-state index contributed by atoms with van der Waals surface area (Å²) in [6.45, 7) is 9.82. The van der Waals surface area contributed by atoms with E-state index in [0.717, 1.165) is 17.9 Å². The Labute approximate surface area is 114 Å². The zero-order chi connectivity index (χ0) is 12.8. The first-order chi connectivity index (χ1) is 8.85. The number of nitrogens with one attached hydrogen (secondary N) is 1. The first kappa shape index (κ1) is 14.3. The second-order valence-corrected chi connectivity index (χ2v) is 6.32. The topological polar surface area (TPSA) is 15.3 Å². The molecule has 2 aliphatic rings. The molecule has 1 aliphatic heterocycles. The summed E-state index contributed by atoms with van der Waals surface area (Å²) < 4.78 is 0. The Kier molecular flexibility index (Phi) is 5.97. The van der Waals surface area contributed by atoms with Gasteiger partial charge in [-0.05, 0) is 57.2 Å². The minimum absolute atomic E-state index is 0.885. The number of hydrogen-bond donors (Lipinski definition) is 1. The molecule has 0 amide bonds. The zero-order valence-corrected chi connectivity index (χ0v) is 12.5. The summed E-state index contributed by atoms with van der Waals surface area (Å²) >= 11 is 0. The van der Waals surface area contributed by atoms with E-state index in [2.05, 4.69) is 24.1 Å². The summed E-state index contributed by atoms with van der Waals surface area (Å²) in [4.78, 5) is 2.81. The summed E-state index contributed by atoms with van der Waals surface area (Å²) in [7, 11) is 0. The Bertz CT molecular complexity index is 223. The van der Waals surface area contributed by atoms with Crippen molar-refractivity contribution < 1.29 is 0 Å². The first-order valence-corrected chi connectivity index (χ1v) is 8.29. The number of hydrogen-bond acceptors (Lipinski definition) is 2. The molecule has 0 aromatic heterocycles. The molecule has 2 heteroatoms. The Morgan fingerprint density at radius 3 is 2.56 bits per heavy atom. The predicted octanol–water partition coefficient (Wildman–Crippen LogP) is 3.28. The highest BCUT2D eigenvalue weighted by atomic mass is 15.2. The molecule has 0 radical (unpaired) electrons. The van der Waals surface area contributed by atoms with Gasteiger partial charge in [0, 0.05) is 12.6 Å². The van der Waals surface area contributed by atoms with Crippen LogP contribution in [0.1, 0.15) is 58.8 Å². The van der Waals surface area contributed by atoms with E-state index in [1.807, 2.05) is 0 Å². The van der Waals surface area contributed by atoms with Gasteiger partial charge in [0.15, 0.2) is 0 Å². The molecule has 106 valence electrons. The molecule has 0 bridgehead atoms. The molecule has 3 atom stereocenters. The van der Waals surface area contributed by atoms with Crippen molar-refractivity contribution in [1.82, 2.24) is 10.2 Å². The third-order valence-electron chi connectivity index (χ3n) is 5.16. The van der Waals surface area contributed by atoms with Gasteiger partial charge >= 0.3 is 0 Å². The molecule has 0 spiro atoms. The molecule has 1 saturated heterocycles. The number of rotatable bonds is 5. The van der Waals surface area contributed by atoms with Crippen molar-refractivity contribution in [2.45, 2.75) is 64.8 Å². The fourth-order valence-electron chi connectivity index (χ4n) is 4.06. The molecular weight excluding hydrogens is 220 g/mol. The average Bonchev–Trinajstić information content (AvgIpc) is 2.46. The van der Waals surface area contributed by atoms with Gasteiger partial charge in [-0.1, -0.05) is 33.1 Å². The van der Waals surface area contributed by atoms with Crippen molar-refractivity contribution in [3.8, 4) is 0 Å². The monoisotopic (exact) mass is 252 g/mol. The van der Waals surface area contributed by atoms with Crippen molar-refractivity contribution in [2.24, 2.45) is 11.8 Å². The maximum absolute atomic E-state index is 3.57. The van der Waals surface area contributed by atoms with Crippen LogP contribution >= 0.6 is 0 Å². The van der Waals surface area contributed by atoms with E-state index in [0.29, 0.717) is 0 Å². The van der Waals surface area contributed by atoms with E-state index >= 15 is 0 Å². The molecule has 1 aliphatic carbocycles. The van der Waals surface area contributed by atoms with Crippen molar-refractivity contribution in [1.29, 1.82) is 0 Å². The van der Waals surface area contributed by atoms with Crippen LogP contribution in [0, 0.1) is 11.8 Å². The second kappa shape index (κ2) is 7.49. The lowest BCUT2D eigenvalue weighted by Gasteiger charge is -2.41. The molecule has 1 saturated carbocycles. The highest BCUT2D eigenvalue weighted by Gasteiger charge is 2.29. The molecule has 0 aromatic rings. The quantitative estimate of drug-likeness (QED) is 0.808. The van der Waals surface area contributed by atoms with Crippen LogP contribution in [-0.4, -0.2) is 37.1 Å². The van der Waals surface area contributed by atoms with E-state index in [4.69, 9.17) is 0 Å². The van der Waals surface area contributed by atoms with Crippen LogP contribution in [0.25, 0.3) is 0 Å². The molecule has 18 heavy (non-hydrogen) atoms. The van der Waals surface area contributed by atoms with Crippen molar-refractivity contribution in [3.05, 3.63) is 0 Å². The lowest BCUT2D eigenvalue weighted by Crippen LogP contribution is -2.46. The van der Waals surface area contributed by atoms with E-state index in [1.54, 1.807) is 0 Å². The van der Waals surface area contributed by atoms with Gasteiger partial charge in [-0.15, -0.1) is 0 Å². The summed E-state index contributed by atoms with van der Waals surface area (Å²) in [6.07, 6.45) is 10.0. The van der Waals surface area contributed by atoms with Gasteiger partial charge in [0.05, 0.1) is 0 Å². The molecule has 0 aromatic carbocycles. The molecule has 1 N–H and O–H groups in total. The van der Waals surface area contributed by atoms with Crippen molar-refractivity contribution >= 4 is 0 Å². The Hall–Kier alpha value is -0.0800. The van der Waals surface area contributed by atoms with Gasteiger partial charge in [0.25, 0.3) is 0 Å². The molecule has 2 rings (SSSR count). The fraction of sp³-hybridized carbons (Fsp3) is 1.00. The van der Waals surface area contributed by atoms with Crippen LogP contribution in [0.2, 0.25) is 0 Å². The third-order valence-corrected chi connectivity index (χ3v) is 5.16. The third kappa shape index (κ3) is 3.71. The highest BCUT2D eigenvalue weighted by molar-refractivity contribution is 4.84. The van der Waals surface area contributed by atoms with Crippen LogP contribution < -0.4 is 5.32 Å². The Morgan fingerprint density at radius 1 is 1.06 bits per heavy atom. The summed E-state index contributed by atoms with van der Waals surface area (Å²) in [5.74, 6) is 1.87. The molecule has 2 nitrogen and oxygen atoms in total. The predicted molar refractivity (Wildman–Crippen MR) is 78.9 cm³/mol. The maximum Gasteiger partial charge on any atom is 0.0123 e. The van der Waals surface area contributed by atoms with Crippen molar-refractivity contribution in [2.75, 3.05) is 26.2 Å². The van der Waals surface area contributed by atoms with Crippen LogP contribution in [0.15, 0.2) is 0 Å². The van der Waals surface area contributed by atoms with Gasteiger partial charge in [-0.25, -0.2) is 0 Å². The molecule has 1 heterocycles. The summed E-state index contributed by atoms with van der Waals surface area (Å²) in [5.41, 5.74) is 0. The standard InChI is InChI=1S/C16H32N2/c1-3-15-9-5-6-10-16(15)18(4-2)13-14-8-7-11-17-12-14/h14-17H,3-13H2,1-2H3. The average molecular weight is 252 g/mol. The zero-order valence-electron chi connectivity index (χ0n) is 12.5. The van der Waals surface area contributed by atoms with E-state index in [-0.39, 0.29) is 0 Å². The van der Waals surface area contributed by atoms with Gasteiger partial charge < -0.3 is 10.2 Å². The normalized spacial score (nSPS) is 33.8. The van der Waals surface area contributed by atoms with Gasteiger partial charge in [-0.3, -0.25) is 0 Å². The summed E-state index contributed by atoms with van der Waals surface area (Å²) in [6, 6.07) is 0.885. The lowest BCUT2D eigenvalue weighted by atomic mass is 9.81. The molecular formula is C16H32N2. The van der Waals surface area contributed by atoms with E-state index < -0.39 is 0 Å². The minimum Gasteiger partial charge on any atom is -0.316 e. The van der Waals surface area contributed by atoms with Gasteiger partial charge in [-0.2, -0.15) is 0 Å². The fourth-order valence-corrected chi connectivity index (χ4v) is 4.06. The van der Waals surface area contributed by atoms with E-state index in [9.17, 15) is 0 Å². The van der Waals surface area contributed by atoms with Crippen LogP contribution in [-0.2, 0) is 0 Å². The maximum atomic E-state index is 3.57. The Morgan fingerprint density at radius 2 is 1.89 bits per heavy atom. The first-order valence-electron chi connectivity index (χ1n) is 8.29. The van der Waals surface area contributed by atoms with E-state index in [1.165, 1.54) is 71.1 Å². The lowest BCUT2D eigenvalue weighted by molar-refractivity contribution is 0.0849. The van der Waals surface area contributed by atoms with Crippen LogP contribution in [0.5, 0.6) is 0 Å². The van der Waals surface area contributed by atoms with Gasteiger partial charge in [0.2, 0.25) is 0 Å². The van der Waals surface area contributed by atoms with Crippen LogP contribution in [0.4, 0.5) is 0 Å². The second-order valence-electron chi connectivity index (χ2n) is 6.32. The largest absolute Gasteiger partial charge is 0.316 e. The van der Waals surface area contributed by atoms with Crippen LogP contribution in [0.3, 0.4) is 0 Å². The smallest absolute Gasteiger partial charge is 0.0123 e. The Balaban J connectivity index is 1.89. The minimum atomic E-state index is 0.885. The molecule has 3 unspecified atom stereocenters. The number of nitrogens with zero attached hydrogens (tertiary/aromatic N) is 1. The molecule has 2 fully saturated rings. The highest BCUT2D eigenvalue weighted by Crippen LogP contribution is 2.31.